The number of nitrogens with zero attached hydrogens (tertiary/aromatic N) is 1. The zero-order chi connectivity index (χ0) is 21.2. The first kappa shape index (κ1) is 27.7. The van der Waals surface area contributed by atoms with Crippen LogP contribution in [0.1, 0.15) is 60.3 Å². The van der Waals surface area contributed by atoms with E-state index in [0.29, 0.717) is 6.32 Å². The van der Waals surface area contributed by atoms with Gasteiger partial charge in [0.15, 0.2) is 0 Å². The molecule has 1 aromatic carbocycles. The van der Waals surface area contributed by atoms with Crippen LogP contribution in [0.4, 0.5) is 5.69 Å². The Morgan fingerprint density at radius 1 is 1.07 bits per heavy atom. The molecule has 5 nitrogen and oxygen atoms in total. The normalized spacial score (nSPS) is 17.6. The summed E-state index contributed by atoms with van der Waals surface area (Å²) in [5.74, 6) is -0.507. The molecule has 2 atom stereocenters. The molecular weight excluding hydrogens is 341 g/mol. The van der Waals surface area contributed by atoms with E-state index < -0.39 is 13.1 Å². The van der Waals surface area contributed by atoms with Gasteiger partial charge in [0, 0.05) is 19.3 Å². The zero-order valence-corrected chi connectivity index (χ0v) is 18.1. The SMILES string of the molecule is CC.CC.CCB(O)O.CN(CC1CCCCC1C(=O)O)c1ccccc1. The number of carboxylic acid groups (broad SMARTS) is 1. The standard InChI is InChI=1S/C15H21NO2.C2H7BO2.2C2H6/c1-16(13-8-3-2-4-9-13)11-12-7-5-6-10-14(12)15(17)18;1-2-3(4)5;2*1-2/h2-4,8-9,12,14H,5-7,10-11H2,1H3,(H,17,18);4-5H,2H2,1H3;2*1-2H3. The molecule has 0 spiro atoms. The van der Waals surface area contributed by atoms with Crippen LogP contribution in [0.5, 0.6) is 0 Å². The first-order valence-electron chi connectivity index (χ1n) is 10.3. The fourth-order valence-corrected chi connectivity index (χ4v) is 2.89. The molecule has 27 heavy (non-hydrogen) atoms. The second-order valence-corrected chi connectivity index (χ2v) is 6.09. The van der Waals surface area contributed by atoms with Gasteiger partial charge in [-0.2, -0.15) is 0 Å². The lowest BCUT2D eigenvalue weighted by molar-refractivity contribution is -0.144. The Morgan fingerprint density at radius 3 is 2.00 bits per heavy atom. The molecule has 1 aliphatic rings. The Labute approximate surface area is 166 Å². The van der Waals surface area contributed by atoms with Crippen LogP contribution in [0.15, 0.2) is 30.3 Å². The highest BCUT2D eigenvalue weighted by Gasteiger charge is 2.31. The molecule has 0 bridgehead atoms. The van der Waals surface area contributed by atoms with E-state index in [0.717, 1.165) is 37.9 Å². The summed E-state index contributed by atoms with van der Waals surface area (Å²) in [7, 11) is 0.929. The molecule has 0 heterocycles. The summed E-state index contributed by atoms with van der Waals surface area (Å²) in [5.41, 5.74) is 1.16. The maximum absolute atomic E-state index is 11.3. The Morgan fingerprint density at radius 2 is 1.56 bits per heavy atom. The number of carboxylic acids is 1. The van der Waals surface area contributed by atoms with E-state index in [9.17, 15) is 9.90 Å². The Bertz CT molecular complexity index is 457. The average molecular weight is 381 g/mol. The van der Waals surface area contributed by atoms with Gasteiger partial charge in [0.2, 0.25) is 0 Å². The molecule has 2 rings (SSSR count). The molecule has 1 aliphatic carbocycles. The average Bonchev–Trinajstić information content (AvgIpc) is 2.72. The summed E-state index contributed by atoms with van der Waals surface area (Å²) in [4.78, 5) is 13.4. The van der Waals surface area contributed by atoms with Crippen LogP contribution < -0.4 is 4.90 Å². The van der Waals surface area contributed by atoms with Crippen molar-refractivity contribution in [1.29, 1.82) is 0 Å². The van der Waals surface area contributed by atoms with E-state index in [-0.39, 0.29) is 11.8 Å². The second-order valence-electron chi connectivity index (χ2n) is 6.09. The monoisotopic (exact) mass is 381 g/mol. The van der Waals surface area contributed by atoms with Gasteiger partial charge in [0.05, 0.1) is 5.92 Å². The van der Waals surface area contributed by atoms with E-state index in [2.05, 4.69) is 17.0 Å². The number of hydrogen-bond donors (Lipinski definition) is 3. The molecule has 0 saturated heterocycles. The van der Waals surface area contributed by atoms with Crippen LogP contribution >= 0.6 is 0 Å². The summed E-state index contributed by atoms with van der Waals surface area (Å²) in [5, 5.41) is 25.1. The molecule has 1 saturated carbocycles. The predicted molar refractivity (Wildman–Crippen MR) is 116 cm³/mol. The highest BCUT2D eigenvalue weighted by Crippen LogP contribution is 2.31. The molecule has 1 aromatic rings. The lowest BCUT2D eigenvalue weighted by Gasteiger charge is -2.32. The molecule has 0 aliphatic heterocycles. The van der Waals surface area contributed by atoms with Crippen molar-refractivity contribution in [2.75, 3.05) is 18.5 Å². The summed E-state index contributed by atoms with van der Waals surface area (Å²) < 4.78 is 0. The minimum absolute atomic E-state index is 0.162. The number of carbonyl (C=O) groups is 1. The Balaban J connectivity index is 0. The van der Waals surface area contributed by atoms with Crippen LogP contribution in [-0.4, -0.2) is 41.8 Å². The largest absolute Gasteiger partial charge is 0.481 e. The molecule has 3 N–H and O–H groups in total. The fraction of sp³-hybridized carbons (Fsp3) is 0.667. The Hall–Kier alpha value is -1.53. The summed E-state index contributed by atoms with van der Waals surface area (Å²) >= 11 is 0. The lowest BCUT2D eigenvalue weighted by Crippen LogP contribution is -2.35. The summed E-state index contributed by atoms with van der Waals surface area (Å²) in [6, 6.07) is 10.2. The minimum Gasteiger partial charge on any atom is -0.481 e. The molecule has 0 aromatic heterocycles. The molecule has 0 radical (unpaired) electrons. The van der Waals surface area contributed by atoms with Crippen LogP contribution in [0.25, 0.3) is 0 Å². The summed E-state index contributed by atoms with van der Waals surface area (Å²) in [6.45, 7) is 10.5. The van der Waals surface area contributed by atoms with Crippen LogP contribution in [0.2, 0.25) is 6.32 Å². The molecule has 156 valence electrons. The summed E-state index contributed by atoms with van der Waals surface area (Å²) in [6.07, 6.45) is 4.51. The van der Waals surface area contributed by atoms with E-state index in [1.54, 1.807) is 6.92 Å². The highest BCUT2D eigenvalue weighted by molar-refractivity contribution is 6.40. The van der Waals surface area contributed by atoms with Gasteiger partial charge in [0.25, 0.3) is 0 Å². The Kier molecular flexibility index (Phi) is 18.3. The van der Waals surface area contributed by atoms with Crippen molar-refractivity contribution >= 4 is 18.8 Å². The van der Waals surface area contributed by atoms with Gasteiger partial charge in [0.1, 0.15) is 0 Å². The number of hydrogen-bond acceptors (Lipinski definition) is 4. The van der Waals surface area contributed by atoms with Gasteiger partial charge in [-0.15, -0.1) is 0 Å². The maximum atomic E-state index is 11.3. The number of aliphatic carboxylic acids is 1. The van der Waals surface area contributed by atoms with Crippen LogP contribution in [-0.2, 0) is 4.79 Å². The molecule has 2 unspecified atom stereocenters. The second kappa shape index (κ2) is 17.9. The van der Waals surface area contributed by atoms with Gasteiger partial charge in [-0.3, -0.25) is 4.79 Å². The van der Waals surface area contributed by atoms with E-state index in [1.807, 2.05) is 52.9 Å². The number of anilines is 1. The predicted octanol–water partition coefficient (Wildman–Crippen LogP) is 4.55. The topological polar surface area (TPSA) is 81.0 Å². The van der Waals surface area contributed by atoms with Gasteiger partial charge in [-0.25, -0.2) is 0 Å². The minimum atomic E-state index is -1.12. The smallest absolute Gasteiger partial charge is 0.451 e. The third-order valence-corrected chi connectivity index (χ3v) is 4.30. The fourth-order valence-electron chi connectivity index (χ4n) is 2.89. The first-order chi connectivity index (χ1) is 13.0. The quantitative estimate of drug-likeness (QED) is 0.652. The molecular formula is C21H40BNO4. The third-order valence-electron chi connectivity index (χ3n) is 4.30. The van der Waals surface area contributed by atoms with E-state index in [1.165, 1.54) is 0 Å². The maximum Gasteiger partial charge on any atom is 0.451 e. The van der Waals surface area contributed by atoms with Gasteiger partial charge in [-0.05, 0) is 37.2 Å². The number of para-hydroxylation sites is 1. The van der Waals surface area contributed by atoms with Gasteiger partial charge >= 0.3 is 13.1 Å². The lowest BCUT2D eigenvalue weighted by atomic mass is 9.79. The highest BCUT2D eigenvalue weighted by atomic mass is 16.4. The number of benzene rings is 1. The van der Waals surface area contributed by atoms with Crippen LogP contribution in [0.3, 0.4) is 0 Å². The van der Waals surface area contributed by atoms with Crippen molar-refractivity contribution in [3.63, 3.8) is 0 Å². The van der Waals surface area contributed by atoms with Crippen molar-refractivity contribution in [2.45, 2.75) is 66.6 Å². The number of rotatable bonds is 5. The first-order valence-corrected chi connectivity index (χ1v) is 10.3. The van der Waals surface area contributed by atoms with Crippen molar-refractivity contribution in [1.82, 2.24) is 0 Å². The van der Waals surface area contributed by atoms with Crippen molar-refractivity contribution in [3.05, 3.63) is 30.3 Å². The van der Waals surface area contributed by atoms with E-state index >= 15 is 0 Å². The van der Waals surface area contributed by atoms with Crippen molar-refractivity contribution in [3.8, 4) is 0 Å². The third kappa shape index (κ3) is 12.5. The molecule has 0 amide bonds. The molecule has 1 fully saturated rings. The zero-order valence-electron chi connectivity index (χ0n) is 18.1. The van der Waals surface area contributed by atoms with Gasteiger partial charge in [-0.1, -0.05) is 65.7 Å². The molecule has 6 heteroatoms. The van der Waals surface area contributed by atoms with Gasteiger partial charge < -0.3 is 20.1 Å². The van der Waals surface area contributed by atoms with Crippen molar-refractivity contribution < 1.29 is 19.9 Å². The van der Waals surface area contributed by atoms with E-state index in [4.69, 9.17) is 10.0 Å². The van der Waals surface area contributed by atoms with Crippen molar-refractivity contribution in [2.24, 2.45) is 11.8 Å². The van der Waals surface area contributed by atoms with Crippen LogP contribution in [0, 0.1) is 11.8 Å².